The maximum atomic E-state index is 12.7. The summed E-state index contributed by atoms with van der Waals surface area (Å²) in [5, 5.41) is 3.13. The van der Waals surface area contributed by atoms with Crippen LogP contribution < -0.4 is 5.32 Å². The highest BCUT2D eigenvalue weighted by atomic mass is 16.1. The number of aryl methyl sites for hydroxylation is 2. The largest absolute Gasteiger partial charge is 0.326 e. The van der Waals surface area contributed by atoms with Gasteiger partial charge in [0.05, 0.1) is 0 Å². The van der Waals surface area contributed by atoms with Gasteiger partial charge in [-0.1, -0.05) is 55.0 Å². The summed E-state index contributed by atoms with van der Waals surface area (Å²) in [6, 6.07) is 16.8. The monoisotopic (exact) mass is 350 g/mol. The highest BCUT2D eigenvalue weighted by molar-refractivity contribution is 5.93. The first-order valence-corrected chi connectivity index (χ1v) is 9.67. The minimum absolute atomic E-state index is 0.0505. The van der Waals surface area contributed by atoms with Gasteiger partial charge >= 0.3 is 0 Å². The number of likely N-dealkylation sites (tertiary alicyclic amines) is 1. The molecule has 0 aromatic heterocycles. The van der Waals surface area contributed by atoms with Gasteiger partial charge in [-0.15, -0.1) is 0 Å². The Hall–Kier alpha value is -2.13. The highest BCUT2D eigenvalue weighted by Gasteiger charge is 2.28. The Labute approximate surface area is 157 Å². The Morgan fingerprint density at radius 3 is 2.46 bits per heavy atom. The summed E-state index contributed by atoms with van der Waals surface area (Å²) in [5.41, 5.74) is 4.66. The molecule has 1 aliphatic rings. The standard InChI is InChI=1S/C23H30N2O/c1-17-9-10-22(18(2)15-17)24-23(26)19(3)21-11-13-25(14-12-21)16-20-7-5-4-6-8-20/h4-10,15,19,21H,11-14,16H2,1-3H3,(H,24,26). The molecule has 3 rings (SSSR count). The minimum atomic E-state index is 0.0505. The Morgan fingerprint density at radius 1 is 1.12 bits per heavy atom. The van der Waals surface area contributed by atoms with Crippen molar-refractivity contribution in [3.8, 4) is 0 Å². The fourth-order valence-electron chi connectivity index (χ4n) is 3.87. The first-order valence-electron chi connectivity index (χ1n) is 9.67. The third-order valence-electron chi connectivity index (χ3n) is 5.64. The van der Waals surface area contributed by atoms with Crippen molar-refractivity contribution in [2.24, 2.45) is 11.8 Å². The SMILES string of the molecule is Cc1ccc(NC(=O)C(C)C2CCN(Cc3ccccc3)CC2)c(C)c1. The minimum Gasteiger partial charge on any atom is -0.326 e. The lowest BCUT2D eigenvalue weighted by Crippen LogP contribution is -2.38. The number of carbonyl (C=O) groups is 1. The fraction of sp³-hybridized carbons (Fsp3) is 0.435. The molecule has 1 fully saturated rings. The van der Waals surface area contributed by atoms with E-state index in [-0.39, 0.29) is 11.8 Å². The molecule has 1 aliphatic heterocycles. The molecule has 0 bridgehead atoms. The van der Waals surface area contributed by atoms with E-state index in [0.29, 0.717) is 5.92 Å². The van der Waals surface area contributed by atoms with E-state index >= 15 is 0 Å². The molecule has 138 valence electrons. The van der Waals surface area contributed by atoms with Crippen molar-refractivity contribution >= 4 is 11.6 Å². The van der Waals surface area contributed by atoms with Gasteiger partial charge in [-0.25, -0.2) is 0 Å². The third kappa shape index (κ3) is 4.73. The average Bonchev–Trinajstić information content (AvgIpc) is 2.65. The zero-order chi connectivity index (χ0) is 18.5. The first-order chi connectivity index (χ1) is 12.5. The van der Waals surface area contributed by atoms with Crippen LogP contribution in [0.15, 0.2) is 48.5 Å². The lowest BCUT2D eigenvalue weighted by Gasteiger charge is -2.34. The molecule has 1 unspecified atom stereocenters. The number of benzene rings is 2. The van der Waals surface area contributed by atoms with Crippen LogP contribution in [-0.4, -0.2) is 23.9 Å². The normalized spacial score (nSPS) is 17.0. The molecule has 0 aliphatic carbocycles. The van der Waals surface area contributed by atoms with Gasteiger partial charge in [0.2, 0.25) is 5.91 Å². The molecule has 0 radical (unpaired) electrons. The van der Waals surface area contributed by atoms with Crippen LogP contribution in [0.2, 0.25) is 0 Å². The Morgan fingerprint density at radius 2 is 1.81 bits per heavy atom. The molecule has 0 spiro atoms. The number of nitrogens with zero attached hydrogens (tertiary/aromatic N) is 1. The second kappa shape index (κ2) is 8.50. The topological polar surface area (TPSA) is 32.3 Å². The number of rotatable bonds is 5. The van der Waals surface area contributed by atoms with Crippen molar-refractivity contribution in [1.29, 1.82) is 0 Å². The molecule has 1 N–H and O–H groups in total. The molecule has 3 heteroatoms. The number of nitrogens with one attached hydrogen (secondary N) is 1. The Bertz CT molecular complexity index is 733. The van der Waals surface area contributed by atoms with Crippen molar-refractivity contribution < 1.29 is 4.79 Å². The molecule has 1 heterocycles. The van der Waals surface area contributed by atoms with E-state index < -0.39 is 0 Å². The average molecular weight is 351 g/mol. The predicted molar refractivity (Wildman–Crippen MR) is 108 cm³/mol. The highest BCUT2D eigenvalue weighted by Crippen LogP contribution is 2.27. The van der Waals surface area contributed by atoms with Gasteiger partial charge in [0.25, 0.3) is 0 Å². The van der Waals surface area contributed by atoms with E-state index in [2.05, 4.69) is 73.5 Å². The molecular weight excluding hydrogens is 320 g/mol. The van der Waals surface area contributed by atoms with Crippen LogP contribution in [-0.2, 0) is 11.3 Å². The van der Waals surface area contributed by atoms with Crippen LogP contribution in [0.1, 0.15) is 36.5 Å². The van der Waals surface area contributed by atoms with E-state index in [1.54, 1.807) is 0 Å². The molecule has 2 aromatic rings. The fourth-order valence-corrected chi connectivity index (χ4v) is 3.87. The zero-order valence-electron chi connectivity index (χ0n) is 16.2. The second-order valence-electron chi connectivity index (χ2n) is 7.70. The molecule has 1 saturated heterocycles. The lowest BCUT2D eigenvalue weighted by atomic mass is 9.84. The predicted octanol–water partition coefficient (Wildman–Crippen LogP) is 4.79. The van der Waals surface area contributed by atoms with Crippen LogP contribution in [0.25, 0.3) is 0 Å². The molecule has 1 amide bonds. The number of anilines is 1. The summed E-state index contributed by atoms with van der Waals surface area (Å²) < 4.78 is 0. The van der Waals surface area contributed by atoms with Crippen LogP contribution in [0, 0.1) is 25.7 Å². The van der Waals surface area contributed by atoms with Crippen molar-refractivity contribution in [1.82, 2.24) is 4.90 Å². The second-order valence-corrected chi connectivity index (χ2v) is 7.70. The molecule has 3 nitrogen and oxygen atoms in total. The van der Waals surface area contributed by atoms with Gasteiger partial charge in [-0.05, 0) is 62.9 Å². The molecule has 26 heavy (non-hydrogen) atoms. The van der Waals surface area contributed by atoms with Crippen LogP contribution >= 0.6 is 0 Å². The van der Waals surface area contributed by atoms with E-state index in [9.17, 15) is 4.79 Å². The smallest absolute Gasteiger partial charge is 0.227 e. The van der Waals surface area contributed by atoms with Crippen LogP contribution in [0.3, 0.4) is 0 Å². The Balaban J connectivity index is 1.51. The number of piperidine rings is 1. The van der Waals surface area contributed by atoms with Crippen LogP contribution in [0.4, 0.5) is 5.69 Å². The van der Waals surface area contributed by atoms with E-state index in [4.69, 9.17) is 0 Å². The van der Waals surface area contributed by atoms with Gasteiger partial charge in [0, 0.05) is 18.2 Å². The Kier molecular flexibility index (Phi) is 6.10. The van der Waals surface area contributed by atoms with Gasteiger partial charge < -0.3 is 5.32 Å². The van der Waals surface area contributed by atoms with Gasteiger partial charge in [-0.3, -0.25) is 9.69 Å². The first kappa shape index (κ1) is 18.7. The van der Waals surface area contributed by atoms with E-state index in [0.717, 1.165) is 43.7 Å². The molecule has 1 atom stereocenters. The van der Waals surface area contributed by atoms with Crippen molar-refractivity contribution in [3.63, 3.8) is 0 Å². The summed E-state index contributed by atoms with van der Waals surface area (Å²) in [4.78, 5) is 15.2. The van der Waals surface area contributed by atoms with Gasteiger partial charge in [0.1, 0.15) is 0 Å². The lowest BCUT2D eigenvalue weighted by molar-refractivity contribution is -0.121. The quantitative estimate of drug-likeness (QED) is 0.841. The van der Waals surface area contributed by atoms with Gasteiger partial charge in [0.15, 0.2) is 0 Å². The summed E-state index contributed by atoms with van der Waals surface area (Å²) in [6.45, 7) is 9.36. The summed E-state index contributed by atoms with van der Waals surface area (Å²) in [6.07, 6.45) is 2.18. The maximum Gasteiger partial charge on any atom is 0.227 e. The van der Waals surface area contributed by atoms with Crippen LogP contribution in [0.5, 0.6) is 0 Å². The maximum absolute atomic E-state index is 12.7. The molecule has 0 saturated carbocycles. The van der Waals surface area contributed by atoms with Crippen molar-refractivity contribution in [2.75, 3.05) is 18.4 Å². The summed E-state index contributed by atoms with van der Waals surface area (Å²) in [5.74, 6) is 0.667. The van der Waals surface area contributed by atoms with E-state index in [1.807, 2.05) is 6.07 Å². The molecular formula is C23H30N2O. The van der Waals surface area contributed by atoms with Gasteiger partial charge in [-0.2, -0.15) is 0 Å². The zero-order valence-corrected chi connectivity index (χ0v) is 16.2. The number of hydrogen-bond acceptors (Lipinski definition) is 2. The number of amides is 1. The third-order valence-corrected chi connectivity index (χ3v) is 5.64. The summed E-state index contributed by atoms with van der Waals surface area (Å²) >= 11 is 0. The number of hydrogen-bond donors (Lipinski definition) is 1. The summed E-state index contributed by atoms with van der Waals surface area (Å²) in [7, 11) is 0. The van der Waals surface area contributed by atoms with Crippen molar-refractivity contribution in [2.45, 2.75) is 40.2 Å². The number of carbonyl (C=O) groups excluding carboxylic acids is 1. The molecule has 2 aromatic carbocycles. The van der Waals surface area contributed by atoms with Crippen molar-refractivity contribution in [3.05, 3.63) is 65.2 Å². The van der Waals surface area contributed by atoms with E-state index in [1.165, 1.54) is 11.1 Å².